The van der Waals surface area contributed by atoms with E-state index in [4.69, 9.17) is 21.1 Å². The van der Waals surface area contributed by atoms with Gasteiger partial charge in [-0.3, -0.25) is 10.1 Å². The zero-order valence-electron chi connectivity index (χ0n) is 13.3. The highest BCUT2D eigenvalue weighted by Crippen LogP contribution is 2.33. The van der Waals surface area contributed by atoms with Crippen molar-refractivity contribution in [3.63, 3.8) is 0 Å². The van der Waals surface area contributed by atoms with Crippen molar-refractivity contribution in [2.75, 3.05) is 25.1 Å². The maximum absolute atomic E-state index is 12.8. The highest BCUT2D eigenvalue weighted by atomic mass is 35.5. The van der Waals surface area contributed by atoms with Crippen molar-refractivity contribution in [3.8, 4) is 0 Å². The Morgan fingerprint density at radius 2 is 2.19 bits per heavy atom. The number of benzene rings is 1. The number of hydrogen-bond donors (Lipinski definition) is 1. The maximum atomic E-state index is 12.8. The number of rotatable bonds is 4. The molecule has 0 bridgehead atoms. The van der Waals surface area contributed by atoms with Gasteiger partial charge in [0.2, 0.25) is 0 Å². The predicted molar refractivity (Wildman–Crippen MR) is 90.6 cm³/mol. The van der Waals surface area contributed by atoms with Crippen LogP contribution in [0.5, 0.6) is 0 Å². The number of alkyl halides is 3. The Labute approximate surface area is 156 Å². The molecule has 0 spiro atoms. The van der Waals surface area contributed by atoms with Crippen LogP contribution in [0.3, 0.4) is 0 Å². The number of hydrogen-bond acceptors (Lipinski definition) is 5. The van der Waals surface area contributed by atoms with E-state index in [1.165, 1.54) is 12.3 Å². The number of nitrogens with zero attached hydrogens (tertiary/aromatic N) is 1. The largest absolute Gasteiger partial charge is 0.416 e. The molecule has 0 aliphatic carbocycles. The topological polar surface area (TPSA) is 60.5 Å². The van der Waals surface area contributed by atoms with E-state index in [1.807, 2.05) is 0 Å². The Hall–Kier alpha value is -1.68. The van der Waals surface area contributed by atoms with Gasteiger partial charge < -0.3 is 9.47 Å². The minimum absolute atomic E-state index is 0.171. The minimum atomic E-state index is -4.44. The maximum Gasteiger partial charge on any atom is 0.416 e. The molecule has 1 atom stereocenters. The fourth-order valence-electron chi connectivity index (χ4n) is 2.35. The molecule has 1 saturated heterocycles. The van der Waals surface area contributed by atoms with Gasteiger partial charge in [0.25, 0.3) is 5.91 Å². The van der Waals surface area contributed by atoms with Gasteiger partial charge in [-0.2, -0.15) is 13.2 Å². The first-order chi connectivity index (χ1) is 12.3. The fourth-order valence-corrected chi connectivity index (χ4v) is 3.37. The summed E-state index contributed by atoms with van der Waals surface area (Å²) in [6, 6.07) is 3.19. The summed E-state index contributed by atoms with van der Waals surface area (Å²) in [5.74, 6) is -0.372. The predicted octanol–water partition coefficient (Wildman–Crippen LogP) is 3.76. The third-order valence-electron chi connectivity index (χ3n) is 3.63. The minimum Gasteiger partial charge on any atom is -0.376 e. The van der Waals surface area contributed by atoms with E-state index in [9.17, 15) is 18.0 Å². The van der Waals surface area contributed by atoms with E-state index in [-0.39, 0.29) is 24.0 Å². The van der Waals surface area contributed by atoms with Gasteiger partial charge >= 0.3 is 6.18 Å². The molecule has 0 unspecified atom stereocenters. The molecule has 2 aromatic rings. The first-order valence-corrected chi connectivity index (χ1v) is 8.83. The quantitative estimate of drug-likeness (QED) is 0.839. The van der Waals surface area contributed by atoms with Crippen LogP contribution < -0.4 is 5.32 Å². The lowest BCUT2D eigenvalue weighted by atomic mass is 10.1. The second-order valence-electron chi connectivity index (χ2n) is 5.54. The van der Waals surface area contributed by atoms with Crippen LogP contribution in [0.1, 0.15) is 16.0 Å². The SMILES string of the molecule is O=C(Nc1ncc(Cc2cc(C(F)(F)F)ccc2Cl)s1)[C@H]1COCCO1. The van der Waals surface area contributed by atoms with Gasteiger partial charge in [0.15, 0.2) is 11.2 Å². The third-order valence-corrected chi connectivity index (χ3v) is 4.91. The van der Waals surface area contributed by atoms with Gasteiger partial charge in [0.05, 0.1) is 25.4 Å². The summed E-state index contributed by atoms with van der Waals surface area (Å²) in [6.45, 7) is 0.960. The average Bonchev–Trinajstić information content (AvgIpc) is 3.03. The molecule has 1 aliphatic rings. The number of ether oxygens (including phenoxy) is 2. The van der Waals surface area contributed by atoms with Crippen molar-refractivity contribution in [3.05, 3.63) is 45.4 Å². The Bertz CT molecular complexity index is 791. The summed E-state index contributed by atoms with van der Waals surface area (Å²) < 4.78 is 49.0. The Morgan fingerprint density at radius 1 is 1.38 bits per heavy atom. The molecular formula is C16H14ClF3N2O3S. The molecule has 0 saturated carbocycles. The summed E-state index contributed by atoms with van der Waals surface area (Å²) >= 11 is 7.17. The number of anilines is 1. The molecule has 1 aliphatic heterocycles. The number of amides is 1. The van der Waals surface area contributed by atoms with Gasteiger partial charge in [-0.1, -0.05) is 11.6 Å². The van der Waals surface area contributed by atoms with E-state index in [0.29, 0.717) is 28.8 Å². The third kappa shape index (κ3) is 4.73. The second kappa shape index (κ2) is 7.91. The summed E-state index contributed by atoms with van der Waals surface area (Å²) in [5.41, 5.74) is -0.420. The van der Waals surface area contributed by atoms with E-state index in [1.54, 1.807) is 0 Å². The molecule has 140 valence electrons. The molecule has 10 heteroatoms. The number of thiazole rings is 1. The summed E-state index contributed by atoms with van der Waals surface area (Å²) in [7, 11) is 0. The van der Waals surface area contributed by atoms with Crippen LogP contribution in [0.2, 0.25) is 5.02 Å². The van der Waals surface area contributed by atoms with E-state index in [2.05, 4.69) is 10.3 Å². The molecule has 1 aromatic heterocycles. The van der Waals surface area contributed by atoms with Crippen molar-refractivity contribution in [2.24, 2.45) is 0 Å². The van der Waals surface area contributed by atoms with Crippen LogP contribution in [0.25, 0.3) is 0 Å². The summed E-state index contributed by atoms with van der Waals surface area (Å²) in [6.07, 6.45) is -3.46. The molecule has 1 aromatic carbocycles. The van der Waals surface area contributed by atoms with Crippen molar-refractivity contribution in [1.29, 1.82) is 0 Å². The van der Waals surface area contributed by atoms with Crippen LogP contribution in [-0.4, -0.2) is 36.8 Å². The zero-order chi connectivity index (χ0) is 18.7. The van der Waals surface area contributed by atoms with E-state index < -0.39 is 17.8 Å². The molecule has 5 nitrogen and oxygen atoms in total. The number of nitrogens with one attached hydrogen (secondary N) is 1. The molecule has 0 radical (unpaired) electrons. The Balaban J connectivity index is 1.68. The highest BCUT2D eigenvalue weighted by molar-refractivity contribution is 7.15. The molecular weight excluding hydrogens is 393 g/mol. The summed E-state index contributed by atoms with van der Waals surface area (Å²) in [5, 5.41) is 3.19. The van der Waals surface area contributed by atoms with Crippen molar-refractivity contribution in [1.82, 2.24) is 4.98 Å². The monoisotopic (exact) mass is 406 g/mol. The Kier molecular flexibility index (Phi) is 5.81. The fraction of sp³-hybridized carbons (Fsp3) is 0.375. The lowest BCUT2D eigenvalue weighted by molar-refractivity contribution is -0.142. The number of carbonyl (C=O) groups is 1. The molecule has 3 rings (SSSR count). The van der Waals surface area contributed by atoms with Gasteiger partial charge in [0.1, 0.15) is 0 Å². The lowest BCUT2D eigenvalue weighted by Gasteiger charge is -2.21. The van der Waals surface area contributed by atoms with Gasteiger partial charge in [-0.15, -0.1) is 11.3 Å². The van der Waals surface area contributed by atoms with Gasteiger partial charge in [-0.25, -0.2) is 4.98 Å². The highest BCUT2D eigenvalue weighted by Gasteiger charge is 2.31. The number of halogens is 4. The number of carbonyl (C=O) groups excluding carboxylic acids is 1. The first kappa shape index (κ1) is 19.1. The summed E-state index contributed by atoms with van der Waals surface area (Å²) in [4.78, 5) is 16.8. The smallest absolute Gasteiger partial charge is 0.376 e. The van der Waals surface area contributed by atoms with E-state index >= 15 is 0 Å². The van der Waals surface area contributed by atoms with E-state index in [0.717, 1.165) is 23.5 Å². The molecule has 2 heterocycles. The van der Waals surface area contributed by atoms with Crippen molar-refractivity contribution < 1.29 is 27.4 Å². The van der Waals surface area contributed by atoms with Gasteiger partial charge in [-0.05, 0) is 23.8 Å². The molecule has 1 N–H and O–H groups in total. The number of aromatic nitrogens is 1. The molecule has 26 heavy (non-hydrogen) atoms. The van der Waals surface area contributed by atoms with Crippen LogP contribution in [0.15, 0.2) is 24.4 Å². The zero-order valence-corrected chi connectivity index (χ0v) is 14.9. The van der Waals surface area contributed by atoms with Crippen molar-refractivity contribution >= 4 is 34.0 Å². The second-order valence-corrected chi connectivity index (χ2v) is 7.06. The molecule has 1 amide bonds. The standard InChI is InChI=1S/C16H14ClF3N2O3S/c17-12-2-1-10(16(18,19)20)5-9(12)6-11-7-21-15(26-11)22-14(23)13-8-24-3-4-25-13/h1-2,5,7,13H,3-4,6,8H2,(H,21,22,23)/t13-/m1/s1. The van der Waals surface area contributed by atoms with Crippen LogP contribution in [0, 0.1) is 0 Å². The van der Waals surface area contributed by atoms with Crippen LogP contribution >= 0.6 is 22.9 Å². The molecule has 1 fully saturated rings. The Morgan fingerprint density at radius 3 is 2.88 bits per heavy atom. The normalized spacial score (nSPS) is 17.9. The van der Waals surface area contributed by atoms with Crippen molar-refractivity contribution in [2.45, 2.75) is 18.7 Å². The van der Waals surface area contributed by atoms with Crippen LogP contribution in [0.4, 0.5) is 18.3 Å². The lowest BCUT2D eigenvalue weighted by Crippen LogP contribution is -2.39. The van der Waals surface area contributed by atoms with Crippen LogP contribution in [-0.2, 0) is 26.9 Å². The first-order valence-electron chi connectivity index (χ1n) is 7.63. The van der Waals surface area contributed by atoms with Gasteiger partial charge in [0, 0.05) is 22.5 Å². The average molecular weight is 407 g/mol.